The Morgan fingerprint density at radius 3 is 2.39 bits per heavy atom. The number of hydrogen-bond donors (Lipinski definition) is 8. The van der Waals surface area contributed by atoms with Crippen molar-refractivity contribution < 1.29 is 51.6 Å². The third kappa shape index (κ3) is 5.81. The van der Waals surface area contributed by atoms with E-state index in [4.69, 9.17) is 44.4 Å². The Hall–Kier alpha value is -3.44. The van der Waals surface area contributed by atoms with Crippen LogP contribution in [-0.2, 0) is 36.7 Å². The summed E-state index contributed by atoms with van der Waals surface area (Å²) >= 11 is 0. The molecule has 3 fully saturated rings. The molecule has 10 N–H and O–H groups in total. The van der Waals surface area contributed by atoms with Gasteiger partial charge in [-0.15, -0.1) is 0 Å². The second-order valence-corrected chi connectivity index (χ2v) is 13.1. The molecule has 6 heterocycles. The molecule has 3 aliphatic heterocycles. The summed E-state index contributed by atoms with van der Waals surface area (Å²) in [7, 11) is -8.56. The predicted molar refractivity (Wildman–Crippen MR) is 154 cm³/mol. The number of aliphatic hydroxyl groups excluding tert-OH is 1. The molecule has 2 unspecified atom stereocenters. The number of imidazole rings is 2. The average molecular weight is 689 g/mol. The van der Waals surface area contributed by atoms with E-state index < -0.39 is 83.4 Å². The average Bonchev–Trinajstić information content (AvgIpc) is 3.75. The molecule has 4 bridgehead atoms. The minimum absolute atomic E-state index is 0.0561. The summed E-state index contributed by atoms with van der Waals surface area (Å²) in [5, 5.41) is 21.9. The number of nitrogen functional groups attached to an aromatic ring is 1. The van der Waals surface area contributed by atoms with Crippen molar-refractivity contribution >= 4 is 51.1 Å². The Morgan fingerprint density at radius 2 is 1.72 bits per heavy atom. The maximum Gasteiger partial charge on any atom is 0.472 e. The standard InChI is InChI=1S/C21H29N11O12P2/c1-25-15(23)10-16(26-2)31(5-27-10)19-13-9(22)7(41-19)3-39-46(37,38)44-14-12(33)8(4-40-45(35,36)43-13)42-20(14)32-6-28-11-17(32)29-21(24)30-18(11)34/h5-9,12-14,19-20,23,26,33H,1,3-4,22H2,2H3,(H,35,36)(H,37,38)(H3,24,29,30,34)/t7-,8-,9-,12-,13-,14-,19-,20-/m1/s1. The van der Waals surface area contributed by atoms with Crippen molar-refractivity contribution in [3.63, 3.8) is 0 Å². The zero-order chi connectivity index (χ0) is 33.1. The number of aromatic nitrogens is 6. The second-order valence-electron chi connectivity index (χ2n) is 10.2. The first-order valence-electron chi connectivity index (χ1n) is 13.3. The van der Waals surface area contributed by atoms with Crippen molar-refractivity contribution in [2.45, 2.75) is 49.0 Å². The van der Waals surface area contributed by atoms with Gasteiger partial charge in [-0.25, -0.2) is 24.1 Å². The molecule has 0 aliphatic carbocycles. The first kappa shape index (κ1) is 32.5. The van der Waals surface area contributed by atoms with Crippen LogP contribution in [-0.4, -0.2) is 113 Å². The Bertz CT molecular complexity index is 1830. The number of nitrogens with zero attached hydrogens (tertiary/aromatic N) is 6. The monoisotopic (exact) mass is 689 g/mol. The number of phosphoric acid groups is 2. The quantitative estimate of drug-likeness (QED) is 0.0848. The highest BCUT2D eigenvalue weighted by molar-refractivity contribution is 7.47. The zero-order valence-corrected chi connectivity index (χ0v) is 25.4. The number of hydrogen-bond acceptors (Lipinski definition) is 17. The van der Waals surface area contributed by atoms with Crippen LogP contribution in [0.1, 0.15) is 18.1 Å². The predicted octanol–water partition coefficient (Wildman–Crippen LogP) is -1.83. The van der Waals surface area contributed by atoms with E-state index in [9.17, 15) is 28.8 Å². The van der Waals surface area contributed by atoms with Crippen molar-refractivity contribution in [1.29, 1.82) is 5.41 Å². The van der Waals surface area contributed by atoms with Gasteiger partial charge in [-0.05, 0) is 6.72 Å². The zero-order valence-electron chi connectivity index (χ0n) is 23.6. The van der Waals surface area contributed by atoms with Gasteiger partial charge < -0.3 is 41.2 Å². The normalized spacial score (nSPS) is 36.8. The van der Waals surface area contributed by atoms with Crippen LogP contribution in [0.3, 0.4) is 0 Å². The van der Waals surface area contributed by atoms with Crippen LogP contribution in [0, 0.1) is 5.41 Å². The number of aliphatic hydroxyl groups is 1. The van der Waals surface area contributed by atoms with Gasteiger partial charge in [0.25, 0.3) is 5.56 Å². The second kappa shape index (κ2) is 12.0. The smallest absolute Gasteiger partial charge is 0.387 e. The fraction of sp³-hybridized carbons (Fsp3) is 0.524. The summed E-state index contributed by atoms with van der Waals surface area (Å²) in [6.45, 7) is 1.80. The van der Waals surface area contributed by atoms with Crippen LogP contribution in [0.25, 0.3) is 11.2 Å². The van der Waals surface area contributed by atoms with Gasteiger partial charge in [0, 0.05) is 7.05 Å². The molecule has 3 aromatic rings. The van der Waals surface area contributed by atoms with Crippen LogP contribution in [0.4, 0.5) is 11.8 Å². The number of aliphatic imine (C=N–C) groups is 1. The van der Waals surface area contributed by atoms with E-state index in [0.717, 1.165) is 10.9 Å². The first-order chi connectivity index (χ1) is 21.7. The summed E-state index contributed by atoms with van der Waals surface area (Å²) in [6.07, 6.45) is -8.14. The highest BCUT2D eigenvalue weighted by Crippen LogP contribution is 2.53. The molecule has 0 aromatic carbocycles. The summed E-state index contributed by atoms with van der Waals surface area (Å²) in [5.74, 6) is -0.396. The van der Waals surface area contributed by atoms with Crippen molar-refractivity contribution in [2.75, 3.05) is 31.3 Å². The Kier molecular flexibility index (Phi) is 8.46. The number of aromatic amines is 1. The topological polar surface area (TPSA) is 332 Å². The third-order valence-corrected chi connectivity index (χ3v) is 9.41. The number of nitrogens with two attached hydrogens (primary N) is 2. The van der Waals surface area contributed by atoms with Gasteiger partial charge in [0.15, 0.2) is 29.5 Å². The van der Waals surface area contributed by atoms with Gasteiger partial charge in [0.2, 0.25) is 5.95 Å². The first-order valence-corrected chi connectivity index (χ1v) is 16.3. The number of H-pyrrole nitrogens is 1. The van der Waals surface area contributed by atoms with Gasteiger partial charge in [-0.1, -0.05) is 0 Å². The highest BCUT2D eigenvalue weighted by atomic mass is 31.2. The Balaban J connectivity index is 1.34. The minimum Gasteiger partial charge on any atom is -0.387 e. The highest BCUT2D eigenvalue weighted by Gasteiger charge is 2.53. The van der Waals surface area contributed by atoms with E-state index in [1.807, 2.05) is 0 Å². The number of phosphoric ester groups is 2. The van der Waals surface area contributed by atoms with Gasteiger partial charge in [0.05, 0.1) is 31.9 Å². The lowest BCUT2D eigenvalue weighted by Crippen LogP contribution is -2.43. The molecular formula is C21H29N11O12P2. The molecule has 0 saturated carbocycles. The number of fused-ring (bicyclic) bond motifs is 5. The fourth-order valence-electron chi connectivity index (χ4n) is 5.32. The van der Waals surface area contributed by atoms with Crippen LogP contribution < -0.4 is 22.3 Å². The minimum atomic E-state index is -5.06. The van der Waals surface area contributed by atoms with Crippen molar-refractivity contribution in [1.82, 2.24) is 29.1 Å². The number of amidine groups is 1. The van der Waals surface area contributed by atoms with Gasteiger partial charge in [0.1, 0.15) is 42.0 Å². The third-order valence-electron chi connectivity index (χ3n) is 7.44. The summed E-state index contributed by atoms with van der Waals surface area (Å²) < 4.78 is 61.9. The van der Waals surface area contributed by atoms with Crippen molar-refractivity contribution in [3.05, 3.63) is 28.7 Å². The molecule has 3 aromatic heterocycles. The van der Waals surface area contributed by atoms with Crippen molar-refractivity contribution in [2.24, 2.45) is 10.7 Å². The number of rotatable bonds is 4. The van der Waals surface area contributed by atoms with Crippen molar-refractivity contribution in [3.8, 4) is 0 Å². The molecule has 10 atom stereocenters. The number of nitrogens with one attached hydrogen (secondary N) is 3. The molecule has 46 heavy (non-hydrogen) atoms. The van der Waals surface area contributed by atoms with Crippen LogP contribution >= 0.6 is 15.6 Å². The van der Waals surface area contributed by atoms with E-state index >= 15 is 0 Å². The maximum atomic E-state index is 13.2. The number of ether oxygens (including phenoxy) is 2. The molecule has 3 saturated heterocycles. The van der Waals surface area contributed by atoms with Crippen LogP contribution in [0.2, 0.25) is 0 Å². The Labute approximate surface area is 257 Å². The Morgan fingerprint density at radius 1 is 1.11 bits per heavy atom. The summed E-state index contributed by atoms with van der Waals surface area (Å²) in [6, 6.07) is -1.26. The lowest BCUT2D eigenvalue weighted by Gasteiger charge is -2.26. The molecule has 0 radical (unpaired) electrons. The molecule has 6 rings (SSSR count). The molecule has 25 heteroatoms. The van der Waals surface area contributed by atoms with E-state index in [0.29, 0.717) is 0 Å². The summed E-state index contributed by atoms with van der Waals surface area (Å²) in [4.78, 5) is 51.7. The largest absolute Gasteiger partial charge is 0.472 e. The van der Waals surface area contributed by atoms with E-state index in [1.54, 1.807) is 0 Å². The molecule has 23 nitrogen and oxygen atoms in total. The van der Waals surface area contributed by atoms with E-state index in [-0.39, 0.29) is 34.5 Å². The lowest BCUT2D eigenvalue weighted by molar-refractivity contribution is -0.0676. The fourth-order valence-corrected chi connectivity index (χ4v) is 7.20. The lowest BCUT2D eigenvalue weighted by atomic mass is 10.1. The molecular weight excluding hydrogens is 660 g/mol. The maximum absolute atomic E-state index is 13.2. The van der Waals surface area contributed by atoms with Gasteiger partial charge in [-0.3, -0.25) is 42.4 Å². The van der Waals surface area contributed by atoms with E-state index in [1.165, 1.54) is 17.9 Å². The SMILES string of the molecule is C=NC(=N)c1ncn([C@@H]2O[C@@H]3COP(=O)(O)O[C@@H]4[C@H](O)[C@@H](COP(=O)(O)O[C@@H]2[C@@H]3N)O[C@H]4n2cnc3c(=O)[nH]c(N)nc32)c1NC. The molecule has 250 valence electrons. The van der Waals surface area contributed by atoms with Crippen LogP contribution in [0.15, 0.2) is 22.4 Å². The van der Waals surface area contributed by atoms with Gasteiger partial charge in [-0.2, -0.15) is 4.98 Å². The molecule has 0 amide bonds. The molecule has 3 aliphatic rings. The molecule has 0 spiro atoms. The number of anilines is 2. The van der Waals surface area contributed by atoms with Crippen LogP contribution in [0.5, 0.6) is 0 Å². The summed E-state index contributed by atoms with van der Waals surface area (Å²) in [5.41, 5.74) is 11.1. The van der Waals surface area contributed by atoms with E-state index in [2.05, 4.69) is 37.0 Å². The van der Waals surface area contributed by atoms with Gasteiger partial charge >= 0.3 is 15.6 Å².